The van der Waals surface area contributed by atoms with Crippen molar-refractivity contribution in [2.24, 2.45) is 0 Å². The summed E-state index contributed by atoms with van der Waals surface area (Å²) < 4.78 is 9.68. The van der Waals surface area contributed by atoms with E-state index >= 15 is 0 Å². The van der Waals surface area contributed by atoms with Gasteiger partial charge in [-0.1, -0.05) is 60.7 Å². The van der Waals surface area contributed by atoms with E-state index in [0.717, 1.165) is 23.3 Å². The summed E-state index contributed by atoms with van der Waals surface area (Å²) >= 11 is 0. The van der Waals surface area contributed by atoms with Gasteiger partial charge in [0.15, 0.2) is 0 Å². The molecular weight excluding hydrogens is 350 g/mol. The molecule has 0 saturated carbocycles. The summed E-state index contributed by atoms with van der Waals surface area (Å²) in [5.74, 6) is -1.32. The Balaban J connectivity index is 0.00000312. The second-order valence-corrected chi connectivity index (χ2v) is 4.63. The number of rotatable bonds is 6. The molecule has 6 heteroatoms. The van der Waals surface area contributed by atoms with E-state index in [1.807, 2.05) is 60.7 Å². The molecule has 2 aromatic rings. The molecule has 0 aliphatic rings. The molecule has 0 amide bonds. The van der Waals surface area contributed by atoms with Gasteiger partial charge in [-0.3, -0.25) is 0 Å². The van der Waals surface area contributed by atoms with Crippen molar-refractivity contribution in [1.29, 1.82) is 0 Å². The van der Waals surface area contributed by atoms with Gasteiger partial charge in [0.2, 0.25) is 0 Å². The Bertz CT molecular complexity index is 688. The molecule has 124 valence electrons. The van der Waals surface area contributed by atoms with Crippen molar-refractivity contribution in [3.05, 3.63) is 96.5 Å². The quantitative estimate of drug-likeness (QED) is 0.341. The van der Waals surface area contributed by atoms with E-state index < -0.39 is 11.9 Å². The van der Waals surface area contributed by atoms with Crippen LogP contribution < -0.4 is 0 Å². The Hall–Kier alpha value is -1.40. The van der Waals surface area contributed by atoms with Crippen LogP contribution in [0.5, 0.6) is 0 Å². The standard InChI is InChI=1S/C20H16O4.2Na.2H/c21-19(23-15-13-17-7-3-1-4-8-17)11-12-20(22)24-16-14-18-9-5-2-6-10-18;;;;/h1-16H;;;;/b12-11-,15-13?,16-14?;;;;. The van der Waals surface area contributed by atoms with Crippen molar-refractivity contribution in [2.45, 2.75) is 0 Å². The molecule has 0 aromatic heterocycles. The van der Waals surface area contributed by atoms with Crippen LogP contribution in [-0.4, -0.2) is 71.1 Å². The topological polar surface area (TPSA) is 52.6 Å². The Kier molecular flexibility index (Phi) is 13.9. The molecule has 0 heterocycles. The van der Waals surface area contributed by atoms with Gasteiger partial charge in [0, 0.05) is 12.2 Å². The fraction of sp³-hybridized carbons (Fsp3) is 0. The van der Waals surface area contributed by atoms with Crippen molar-refractivity contribution in [3.63, 3.8) is 0 Å². The normalized spacial score (nSPS) is 10.3. The summed E-state index contributed by atoms with van der Waals surface area (Å²) in [6, 6.07) is 18.8. The molecule has 0 bridgehead atoms. The maximum absolute atomic E-state index is 11.4. The second-order valence-electron chi connectivity index (χ2n) is 4.63. The van der Waals surface area contributed by atoms with Gasteiger partial charge in [0.05, 0.1) is 12.5 Å². The van der Waals surface area contributed by atoms with Crippen LogP contribution in [0.2, 0.25) is 0 Å². The van der Waals surface area contributed by atoms with Crippen LogP contribution in [0.4, 0.5) is 0 Å². The molecule has 0 fully saturated rings. The summed E-state index contributed by atoms with van der Waals surface area (Å²) in [7, 11) is 0. The van der Waals surface area contributed by atoms with Crippen LogP contribution in [0.1, 0.15) is 11.1 Å². The van der Waals surface area contributed by atoms with Crippen LogP contribution in [0.15, 0.2) is 85.3 Å². The van der Waals surface area contributed by atoms with Gasteiger partial charge in [0.25, 0.3) is 0 Å². The van der Waals surface area contributed by atoms with E-state index in [1.165, 1.54) is 12.5 Å². The number of carbonyl (C=O) groups is 2. The fourth-order valence-electron chi connectivity index (χ4n) is 1.70. The van der Waals surface area contributed by atoms with Crippen LogP contribution in [0, 0.1) is 0 Å². The van der Waals surface area contributed by atoms with E-state index in [9.17, 15) is 9.59 Å². The predicted molar refractivity (Wildman–Crippen MR) is 107 cm³/mol. The van der Waals surface area contributed by atoms with Crippen molar-refractivity contribution < 1.29 is 19.1 Å². The Morgan fingerprint density at radius 1 is 0.615 bits per heavy atom. The first kappa shape index (κ1) is 24.6. The van der Waals surface area contributed by atoms with Crippen LogP contribution in [0.25, 0.3) is 12.2 Å². The molecule has 0 aliphatic heterocycles. The average molecular weight is 368 g/mol. The van der Waals surface area contributed by atoms with E-state index in [0.29, 0.717) is 0 Å². The number of ether oxygens (including phenoxy) is 2. The molecule has 0 aliphatic carbocycles. The van der Waals surface area contributed by atoms with Gasteiger partial charge in [-0.15, -0.1) is 0 Å². The molecule has 0 atom stereocenters. The molecule has 0 saturated heterocycles. The first-order valence-corrected chi connectivity index (χ1v) is 7.26. The molecule has 0 unspecified atom stereocenters. The molecule has 0 radical (unpaired) electrons. The number of hydrogen-bond acceptors (Lipinski definition) is 4. The third kappa shape index (κ3) is 10.6. The summed E-state index contributed by atoms with van der Waals surface area (Å²) in [5, 5.41) is 0. The monoisotopic (exact) mass is 368 g/mol. The number of esters is 2. The molecule has 2 aromatic carbocycles. The maximum atomic E-state index is 11.4. The molecule has 2 rings (SSSR count). The van der Waals surface area contributed by atoms with Gasteiger partial charge < -0.3 is 9.47 Å². The fourth-order valence-corrected chi connectivity index (χ4v) is 1.70. The summed E-state index contributed by atoms with van der Waals surface area (Å²) in [5.41, 5.74) is 1.81. The Labute approximate surface area is 197 Å². The van der Waals surface area contributed by atoms with Gasteiger partial charge in [0.1, 0.15) is 0 Å². The summed E-state index contributed by atoms with van der Waals surface area (Å²) in [6.45, 7) is 0. The van der Waals surface area contributed by atoms with Crippen LogP contribution in [0.3, 0.4) is 0 Å². The van der Waals surface area contributed by atoms with Crippen molar-refractivity contribution in [3.8, 4) is 0 Å². The Morgan fingerprint density at radius 3 is 1.31 bits per heavy atom. The van der Waals surface area contributed by atoms with Gasteiger partial charge in [-0.05, 0) is 23.3 Å². The minimum absolute atomic E-state index is 0. The molecule has 26 heavy (non-hydrogen) atoms. The first-order valence-electron chi connectivity index (χ1n) is 7.26. The van der Waals surface area contributed by atoms with Gasteiger partial charge in [-0.25, -0.2) is 9.59 Å². The third-order valence-corrected chi connectivity index (χ3v) is 2.84. The molecule has 4 nitrogen and oxygen atoms in total. The summed E-state index contributed by atoms with van der Waals surface area (Å²) in [6.07, 6.45) is 7.84. The van der Waals surface area contributed by atoms with E-state index in [2.05, 4.69) is 0 Å². The zero-order valence-corrected chi connectivity index (χ0v) is 12.9. The molecule has 0 N–H and O–H groups in total. The Morgan fingerprint density at radius 2 is 0.962 bits per heavy atom. The van der Waals surface area contributed by atoms with Crippen LogP contribution in [-0.2, 0) is 19.1 Å². The summed E-state index contributed by atoms with van der Waals surface area (Å²) in [4.78, 5) is 22.9. The number of carbonyl (C=O) groups excluding carboxylic acids is 2. The first-order chi connectivity index (χ1) is 11.7. The van der Waals surface area contributed by atoms with Gasteiger partial charge >= 0.3 is 71.1 Å². The average Bonchev–Trinajstić information content (AvgIpc) is 2.62. The number of benzene rings is 2. The third-order valence-electron chi connectivity index (χ3n) is 2.84. The van der Waals surface area contributed by atoms with Crippen molar-refractivity contribution in [1.82, 2.24) is 0 Å². The minimum atomic E-state index is -0.661. The second kappa shape index (κ2) is 14.7. The van der Waals surface area contributed by atoms with Crippen molar-refractivity contribution in [2.75, 3.05) is 0 Å². The number of hydrogen-bond donors (Lipinski definition) is 0. The molecular formula is C20H18Na2O4. The van der Waals surface area contributed by atoms with E-state index in [-0.39, 0.29) is 59.1 Å². The zero-order chi connectivity index (χ0) is 17.0. The zero-order valence-electron chi connectivity index (χ0n) is 12.9. The SMILES string of the molecule is O=C(/C=C\C(=O)OC=Cc1ccccc1)OC=Cc1ccccc1.[NaH].[NaH]. The van der Waals surface area contributed by atoms with Crippen LogP contribution >= 0.6 is 0 Å². The predicted octanol–water partition coefficient (Wildman–Crippen LogP) is 2.67. The van der Waals surface area contributed by atoms with E-state index in [1.54, 1.807) is 12.2 Å². The van der Waals surface area contributed by atoms with Gasteiger partial charge in [-0.2, -0.15) is 0 Å². The van der Waals surface area contributed by atoms with E-state index in [4.69, 9.17) is 9.47 Å². The molecule has 0 spiro atoms. The van der Waals surface area contributed by atoms with Crippen molar-refractivity contribution >= 4 is 83.2 Å².